The molecular weight excluding hydrogens is 524 g/mol. The minimum absolute atomic E-state index is 0.0460. The first-order valence-electron chi connectivity index (χ1n) is 15.2. The van der Waals surface area contributed by atoms with Crippen molar-refractivity contribution in [2.24, 2.45) is 29.2 Å². The number of rotatable bonds is 8. The largest absolute Gasteiger partial charge is 0.458 e. The van der Waals surface area contributed by atoms with Crippen LogP contribution in [0.1, 0.15) is 105 Å². The number of carbonyl (C=O) groups excluding carboxylic acids is 3. The number of aliphatic hydroxyl groups is 1. The van der Waals surface area contributed by atoms with Crippen LogP contribution >= 0.6 is 0 Å². The van der Waals surface area contributed by atoms with E-state index in [1.807, 2.05) is 26.0 Å². The monoisotopic (exact) mass is 578 g/mol. The summed E-state index contributed by atoms with van der Waals surface area (Å²) in [6.45, 7) is 9.90. The lowest BCUT2D eigenvalue weighted by Gasteiger charge is -2.28. The van der Waals surface area contributed by atoms with Crippen molar-refractivity contribution in [3.63, 3.8) is 0 Å². The third-order valence-corrected chi connectivity index (χ3v) is 7.51. The Morgan fingerprint density at radius 3 is 2.34 bits per heavy atom. The van der Waals surface area contributed by atoms with Crippen LogP contribution in [0, 0.1) is 17.8 Å². The summed E-state index contributed by atoms with van der Waals surface area (Å²) in [6.07, 6.45) is 13.8. The summed E-state index contributed by atoms with van der Waals surface area (Å²) in [5, 5.41) is 10.7. The first-order valence-corrected chi connectivity index (χ1v) is 15.2. The molecule has 234 valence electrons. The molecular formula is C32H54N2O7. The number of unbranched alkanes of at least 4 members (excludes halogenated alkanes) is 3. The maximum atomic E-state index is 13.3. The number of esters is 1. The van der Waals surface area contributed by atoms with Crippen molar-refractivity contribution in [1.82, 2.24) is 0 Å². The summed E-state index contributed by atoms with van der Waals surface area (Å²) in [4.78, 5) is 36.5. The van der Waals surface area contributed by atoms with Crippen molar-refractivity contribution in [3.8, 4) is 0 Å². The van der Waals surface area contributed by atoms with Crippen LogP contribution in [0.4, 0.5) is 9.59 Å². The fourth-order valence-electron chi connectivity index (χ4n) is 5.03. The number of allylic oxidation sites excluding steroid dienone is 5. The van der Waals surface area contributed by atoms with Gasteiger partial charge in [-0.2, -0.15) is 0 Å². The molecule has 1 aliphatic heterocycles. The number of cyclic esters (lactones) is 1. The van der Waals surface area contributed by atoms with E-state index in [1.54, 1.807) is 6.92 Å². The van der Waals surface area contributed by atoms with Crippen molar-refractivity contribution in [2.45, 2.75) is 130 Å². The average Bonchev–Trinajstić information content (AvgIpc) is 2.88. The Kier molecular flexibility index (Phi) is 17.8. The van der Waals surface area contributed by atoms with Crippen molar-refractivity contribution in [3.05, 3.63) is 36.0 Å². The van der Waals surface area contributed by atoms with Gasteiger partial charge in [-0.15, -0.1) is 0 Å². The third kappa shape index (κ3) is 16.3. The zero-order valence-electron chi connectivity index (χ0n) is 25.8. The molecule has 0 spiro atoms. The van der Waals surface area contributed by atoms with E-state index in [0.717, 1.165) is 24.8 Å². The highest BCUT2D eigenvalue weighted by molar-refractivity contribution is 5.74. The van der Waals surface area contributed by atoms with Crippen molar-refractivity contribution < 1.29 is 33.7 Å². The number of hydrogen-bond acceptors (Lipinski definition) is 7. The second kappa shape index (κ2) is 20.1. The van der Waals surface area contributed by atoms with Gasteiger partial charge in [0.2, 0.25) is 0 Å². The van der Waals surface area contributed by atoms with E-state index < -0.39 is 48.5 Å². The molecule has 0 aliphatic carbocycles. The van der Waals surface area contributed by atoms with E-state index in [0.29, 0.717) is 38.5 Å². The Balaban J connectivity index is 3.20. The summed E-state index contributed by atoms with van der Waals surface area (Å²) in [6, 6.07) is 0. The van der Waals surface area contributed by atoms with Gasteiger partial charge in [0.25, 0.3) is 0 Å². The van der Waals surface area contributed by atoms with Gasteiger partial charge in [0.05, 0.1) is 12.0 Å². The SMILES string of the molecule is CCCCC/C=C/C(C)=C\[C@@H]1C[C@H](C)C/C=C/CC[C@@H](O)[C@H](OC(N)=O)CC[C@@H](C)C[C@H](OC(N)=O)[C@H](C)C(=O)O1. The molecule has 1 aliphatic rings. The van der Waals surface area contributed by atoms with Crippen LogP contribution in [0.3, 0.4) is 0 Å². The number of ether oxygens (including phenoxy) is 3. The van der Waals surface area contributed by atoms with Gasteiger partial charge in [-0.05, 0) is 89.5 Å². The molecule has 41 heavy (non-hydrogen) atoms. The first kappa shape index (κ1) is 36.2. The van der Waals surface area contributed by atoms with E-state index in [2.05, 4.69) is 32.1 Å². The van der Waals surface area contributed by atoms with Crippen LogP contribution in [0.2, 0.25) is 0 Å². The van der Waals surface area contributed by atoms with Crippen LogP contribution in [-0.4, -0.2) is 47.7 Å². The molecule has 0 radical (unpaired) electrons. The van der Waals surface area contributed by atoms with E-state index in [-0.39, 0.29) is 11.8 Å². The van der Waals surface area contributed by atoms with Crippen LogP contribution in [0.25, 0.3) is 0 Å². The molecule has 1 heterocycles. The molecule has 2 amide bonds. The van der Waals surface area contributed by atoms with Crippen molar-refractivity contribution in [2.75, 3.05) is 0 Å². The predicted octanol–water partition coefficient (Wildman–Crippen LogP) is 6.48. The molecule has 0 fully saturated rings. The zero-order valence-corrected chi connectivity index (χ0v) is 25.8. The summed E-state index contributed by atoms with van der Waals surface area (Å²) < 4.78 is 16.6. The molecule has 5 N–H and O–H groups in total. The summed E-state index contributed by atoms with van der Waals surface area (Å²) in [5.41, 5.74) is 11.6. The Labute approximate surface area is 246 Å². The molecule has 1 rings (SSSR count). The van der Waals surface area contributed by atoms with E-state index >= 15 is 0 Å². The number of aliphatic hydroxyl groups excluding tert-OH is 1. The Morgan fingerprint density at radius 2 is 1.68 bits per heavy atom. The van der Waals surface area contributed by atoms with Crippen molar-refractivity contribution in [1.29, 1.82) is 0 Å². The molecule has 9 nitrogen and oxygen atoms in total. The van der Waals surface area contributed by atoms with E-state index in [1.165, 1.54) is 12.8 Å². The smallest absolute Gasteiger partial charge is 0.404 e. The maximum Gasteiger partial charge on any atom is 0.404 e. The van der Waals surface area contributed by atoms with Gasteiger partial charge in [-0.3, -0.25) is 4.79 Å². The number of carbonyl (C=O) groups is 3. The molecule has 7 atom stereocenters. The topological polar surface area (TPSA) is 151 Å². The quantitative estimate of drug-likeness (QED) is 0.0980. The third-order valence-electron chi connectivity index (χ3n) is 7.51. The van der Waals surface area contributed by atoms with Crippen LogP contribution < -0.4 is 11.5 Å². The van der Waals surface area contributed by atoms with Gasteiger partial charge in [0.15, 0.2) is 0 Å². The number of primary amides is 2. The number of nitrogens with two attached hydrogens (primary N) is 2. The van der Waals surface area contributed by atoms with Crippen molar-refractivity contribution >= 4 is 18.2 Å². The molecule has 0 saturated heterocycles. The summed E-state index contributed by atoms with van der Waals surface area (Å²) in [5.74, 6) is -1.04. The summed E-state index contributed by atoms with van der Waals surface area (Å²) in [7, 11) is 0. The lowest BCUT2D eigenvalue weighted by atomic mass is 9.90. The average molecular weight is 579 g/mol. The van der Waals surface area contributed by atoms with Gasteiger partial charge >= 0.3 is 18.2 Å². The van der Waals surface area contributed by atoms with E-state index in [4.69, 9.17) is 25.7 Å². The van der Waals surface area contributed by atoms with E-state index in [9.17, 15) is 19.5 Å². The molecule has 0 unspecified atom stereocenters. The lowest BCUT2D eigenvalue weighted by Crippen LogP contribution is -2.37. The van der Waals surface area contributed by atoms with Gasteiger partial charge in [0.1, 0.15) is 18.3 Å². The molecule has 0 bridgehead atoms. The fraction of sp³-hybridized carbons (Fsp3) is 0.719. The van der Waals surface area contributed by atoms with Crippen LogP contribution in [-0.2, 0) is 19.0 Å². The zero-order chi connectivity index (χ0) is 30.8. The van der Waals surface area contributed by atoms with Gasteiger partial charge in [0, 0.05) is 0 Å². The van der Waals surface area contributed by atoms with Crippen LogP contribution in [0.15, 0.2) is 36.0 Å². The standard InChI is InChI=1S/C32H54N2O7/c1-6-7-8-9-11-14-22(2)19-26-20-23(3)15-12-10-13-16-27(35)28(40-31(33)37)18-17-24(4)21-29(41-32(34)38)25(5)30(36)39-26/h10-12,14,19,23-29,35H,6-9,13,15-18,20-21H2,1-5H3,(H2,33,37)(H2,34,38)/b12-10+,14-11+,22-19-/t23-,24-,25+,26-,27-,28-,29+/m1/s1. The second-order valence-electron chi connectivity index (χ2n) is 11.6. The van der Waals surface area contributed by atoms with Gasteiger partial charge in [-0.1, -0.05) is 63.5 Å². The highest BCUT2D eigenvalue weighted by Gasteiger charge is 2.32. The predicted molar refractivity (Wildman–Crippen MR) is 161 cm³/mol. The van der Waals surface area contributed by atoms with Crippen LogP contribution in [0.5, 0.6) is 0 Å². The minimum atomic E-state index is -0.963. The molecule has 0 saturated carbocycles. The fourth-order valence-corrected chi connectivity index (χ4v) is 5.03. The van der Waals surface area contributed by atoms with Gasteiger partial charge < -0.3 is 30.8 Å². The normalized spacial score (nSPS) is 30.5. The second-order valence-corrected chi connectivity index (χ2v) is 11.6. The molecule has 9 heteroatoms. The van der Waals surface area contributed by atoms with Gasteiger partial charge in [-0.25, -0.2) is 9.59 Å². The molecule has 0 aromatic rings. The number of amides is 2. The maximum absolute atomic E-state index is 13.3. The highest BCUT2D eigenvalue weighted by Crippen LogP contribution is 2.26. The first-order chi connectivity index (χ1) is 19.4. The lowest BCUT2D eigenvalue weighted by molar-refractivity contribution is -0.156. The number of hydrogen-bond donors (Lipinski definition) is 3. The highest BCUT2D eigenvalue weighted by atomic mass is 16.6. The Hall–Kier alpha value is -2.81. The Bertz CT molecular complexity index is 885. The Morgan fingerprint density at radius 1 is 1.00 bits per heavy atom. The summed E-state index contributed by atoms with van der Waals surface area (Å²) >= 11 is 0. The molecule has 0 aromatic carbocycles. The molecule has 0 aromatic heterocycles. The minimum Gasteiger partial charge on any atom is -0.458 e.